The Kier molecular flexibility index (Phi) is 9.41. The first-order valence-electron chi connectivity index (χ1n) is 13.3. The molecule has 3 rings (SSSR count). The molecule has 0 heterocycles. The molecule has 3 nitrogen and oxygen atoms in total. The summed E-state index contributed by atoms with van der Waals surface area (Å²) < 4.78 is 5.11. The van der Waals surface area contributed by atoms with Crippen molar-refractivity contribution in [3.63, 3.8) is 0 Å². The van der Waals surface area contributed by atoms with Gasteiger partial charge in [0.2, 0.25) is 0 Å². The molecule has 200 valence electrons. The van der Waals surface area contributed by atoms with Crippen LogP contribution in [0.2, 0.25) is 0 Å². The first kappa shape index (κ1) is 29.4. The van der Waals surface area contributed by atoms with Gasteiger partial charge in [-0.3, -0.25) is 0 Å². The van der Waals surface area contributed by atoms with Gasteiger partial charge in [-0.05, 0) is 77.3 Å². The van der Waals surface area contributed by atoms with Crippen LogP contribution in [0.1, 0.15) is 75.3 Å². The first-order chi connectivity index (χ1) is 17.9. The van der Waals surface area contributed by atoms with E-state index in [4.69, 9.17) is 17.0 Å². The number of thiocarbonyl (C=S) groups is 1. The minimum atomic E-state index is -0.688. The number of hydrogen-bond acceptors (Lipinski definition) is 4. The maximum atomic E-state index is 11.1. The van der Waals surface area contributed by atoms with Crippen LogP contribution in [0.5, 0.6) is 5.75 Å². The standard InChI is InChI=1S/C34H40O3S/c1-8-34(9-2,27-16-14-25(23(3)20-27)15-19-31(36)33(4,5)6)28-17-18-29(30(35)22-28)26-12-10-24(11-13-26)21-32(38)37-7/h10-14,16-18,20,22,31,35-36H,8-9,21H2,1-7H3. The molecule has 1 unspecified atom stereocenters. The van der Waals surface area contributed by atoms with Crippen molar-refractivity contribution in [1.82, 2.24) is 0 Å². The minimum Gasteiger partial charge on any atom is -0.507 e. The zero-order valence-corrected chi connectivity index (χ0v) is 24.5. The highest BCUT2D eigenvalue weighted by Gasteiger charge is 2.31. The summed E-state index contributed by atoms with van der Waals surface area (Å²) in [5.74, 6) is 6.44. The van der Waals surface area contributed by atoms with Gasteiger partial charge in [0.25, 0.3) is 0 Å². The predicted octanol–water partition coefficient (Wildman–Crippen LogP) is 7.75. The summed E-state index contributed by atoms with van der Waals surface area (Å²) >= 11 is 5.17. The number of aliphatic hydroxyl groups is 1. The van der Waals surface area contributed by atoms with Gasteiger partial charge < -0.3 is 14.9 Å². The van der Waals surface area contributed by atoms with Gasteiger partial charge in [0.1, 0.15) is 11.9 Å². The largest absolute Gasteiger partial charge is 0.507 e. The summed E-state index contributed by atoms with van der Waals surface area (Å²) in [6, 6.07) is 20.5. The highest BCUT2D eigenvalue weighted by Crippen LogP contribution is 2.42. The van der Waals surface area contributed by atoms with Crippen molar-refractivity contribution in [2.75, 3.05) is 7.11 Å². The van der Waals surface area contributed by atoms with Crippen LogP contribution >= 0.6 is 12.2 Å². The van der Waals surface area contributed by atoms with Crippen molar-refractivity contribution in [3.8, 4) is 28.7 Å². The third-order valence-corrected chi connectivity index (χ3v) is 7.85. The number of aryl methyl sites for hydroxylation is 1. The molecule has 0 aromatic heterocycles. The van der Waals surface area contributed by atoms with Gasteiger partial charge in [0.15, 0.2) is 5.05 Å². The Balaban J connectivity index is 1.95. The Bertz CT molecular complexity index is 1330. The lowest BCUT2D eigenvalue weighted by Gasteiger charge is -2.34. The normalized spacial score (nSPS) is 12.4. The van der Waals surface area contributed by atoms with E-state index in [9.17, 15) is 10.2 Å². The van der Waals surface area contributed by atoms with E-state index in [0.717, 1.165) is 46.2 Å². The molecule has 4 heteroatoms. The number of rotatable bonds is 7. The Morgan fingerprint density at radius 1 is 0.947 bits per heavy atom. The molecule has 1 atom stereocenters. The van der Waals surface area contributed by atoms with Crippen LogP contribution in [-0.4, -0.2) is 28.5 Å². The molecule has 0 saturated heterocycles. The molecule has 0 amide bonds. The van der Waals surface area contributed by atoms with E-state index in [2.05, 4.69) is 56.9 Å². The van der Waals surface area contributed by atoms with Crippen molar-refractivity contribution in [3.05, 3.63) is 88.5 Å². The minimum absolute atomic E-state index is 0.239. The fourth-order valence-electron chi connectivity index (χ4n) is 4.81. The summed E-state index contributed by atoms with van der Waals surface area (Å²) in [7, 11) is 1.59. The van der Waals surface area contributed by atoms with Gasteiger partial charge in [0, 0.05) is 23.0 Å². The number of phenols is 1. The van der Waals surface area contributed by atoms with E-state index in [-0.39, 0.29) is 16.6 Å². The van der Waals surface area contributed by atoms with E-state index in [1.54, 1.807) is 7.11 Å². The molecule has 0 radical (unpaired) electrons. The van der Waals surface area contributed by atoms with Crippen LogP contribution in [0.15, 0.2) is 60.7 Å². The quantitative estimate of drug-likeness (QED) is 0.243. The predicted molar refractivity (Wildman–Crippen MR) is 162 cm³/mol. The average molecular weight is 529 g/mol. The molecule has 38 heavy (non-hydrogen) atoms. The molecule has 3 aromatic carbocycles. The molecule has 0 spiro atoms. The van der Waals surface area contributed by atoms with Crippen LogP contribution in [0.25, 0.3) is 11.1 Å². The van der Waals surface area contributed by atoms with Gasteiger partial charge in [-0.15, -0.1) is 0 Å². The number of aliphatic hydroxyl groups excluding tert-OH is 1. The van der Waals surface area contributed by atoms with Crippen LogP contribution in [0, 0.1) is 24.2 Å². The Labute approximate surface area is 233 Å². The van der Waals surface area contributed by atoms with E-state index in [0.29, 0.717) is 11.5 Å². The Morgan fingerprint density at radius 2 is 1.55 bits per heavy atom. The highest BCUT2D eigenvalue weighted by molar-refractivity contribution is 7.80. The van der Waals surface area contributed by atoms with E-state index in [1.807, 2.05) is 57.2 Å². The summed E-state index contributed by atoms with van der Waals surface area (Å²) in [6.45, 7) is 12.4. The van der Waals surface area contributed by atoms with Gasteiger partial charge in [-0.1, -0.05) is 95.0 Å². The average Bonchev–Trinajstić information content (AvgIpc) is 2.89. The zero-order valence-electron chi connectivity index (χ0n) is 23.7. The summed E-state index contributed by atoms with van der Waals surface area (Å²) in [4.78, 5) is 0. The highest BCUT2D eigenvalue weighted by atomic mass is 32.1. The first-order valence-corrected chi connectivity index (χ1v) is 13.7. The number of benzene rings is 3. The second-order valence-corrected chi connectivity index (χ2v) is 11.5. The summed E-state index contributed by atoms with van der Waals surface area (Å²) in [5, 5.41) is 22.0. The molecule has 0 aliphatic rings. The molecule has 0 aliphatic heterocycles. The molecule has 0 bridgehead atoms. The Hall–Kier alpha value is -3.13. The van der Waals surface area contributed by atoms with Crippen molar-refractivity contribution in [1.29, 1.82) is 0 Å². The monoisotopic (exact) mass is 528 g/mol. The number of methoxy groups -OCH3 is 1. The van der Waals surface area contributed by atoms with E-state index in [1.165, 1.54) is 5.56 Å². The fraction of sp³-hybridized carbons (Fsp3) is 0.382. The molecule has 0 saturated carbocycles. The van der Waals surface area contributed by atoms with Gasteiger partial charge in [-0.2, -0.15) is 0 Å². The van der Waals surface area contributed by atoms with Crippen LogP contribution in [0.3, 0.4) is 0 Å². The van der Waals surface area contributed by atoms with Crippen molar-refractivity contribution in [2.24, 2.45) is 5.41 Å². The lowest BCUT2D eigenvalue weighted by Crippen LogP contribution is -2.26. The molecular weight excluding hydrogens is 488 g/mol. The fourth-order valence-corrected chi connectivity index (χ4v) is 4.98. The van der Waals surface area contributed by atoms with Crippen LogP contribution in [0.4, 0.5) is 0 Å². The third-order valence-electron chi connectivity index (χ3n) is 7.54. The molecule has 3 aromatic rings. The summed E-state index contributed by atoms with van der Waals surface area (Å²) in [5.41, 5.74) is 6.60. The number of aromatic hydroxyl groups is 1. The lowest BCUT2D eigenvalue weighted by molar-refractivity contribution is 0.114. The SMILES string of the molecule is CCC(CC)(c1ccc(C#CC(O)C(C)(C)C)c(C)c1)c1ccc(-c2ccc(CC(=S)OC)cc2)c(O)c1. The van der Waals surface area contributed by atoms with Gasteiger partial charge >= 0.3 is 0 Å². The lowest BCUT2D eigenvalue weighted by atomic mass is 9.70. The Morgan fingerprint density at radius 3 is 2.08 bits per heavy atom. The summed E-state index contributed by atoms with van der Waals surface area (Å²) in [6.07, 6.45) is 1.69. The van der Waals surface area contributed by atoms with Crippen LogP contribution < -0.4 is 0 Å². The molecule has 2 N–H and O–H groups in total. The van der Waals surface area contributed by atoms with Gasteiger partial charge in [-0.25, -0.2) is 0 Å². The second kappa shape index (κ2) is 12.2. The molecular formula is C34H40O3S. The maximum absolute atomic E-state index is 11.1. The second-order valence-electron chi connectivity index (χ2n) is 11.0. The van der Waals surface area contributed by atoms with E-state index < -0.39 is 6.10 Å². The molecule has 0 aliphatic carbocycles. The third kappa shape index (κ3) is 6.46. The van der Waals surface area contributed by atoms with Crippen molar-refractivity contribution in [2.45, 2.75) is 72.3 Å². The maximum Gasteiger partial charge on any atom is 0.163 e. The molecule has 0 fully saturated rings. The van der Waals surface area contributed by atoms with Crippen molar-refractivity contribution < 1.29 is 14.9 Å². The smallest absolute Gasteiger partial charge is 0.163 e. The topological polar surface area (TPSA) is 49.7 Å². The van der Waals surface area contributed by atoms with Crippen LogP contribution in [-0.2, 0) is 16.6 Å². The number of phenolic OH excluding ortho intramolecular Hbond substituents is 1. The zero-order chi connectivity index (χ0) is 28.1. The van der Waals surface area contributed by atoms with E-state index >= 15 is 0 Å². The van der Waals surface area contributed by atoms with Crippen molar-refractivity contribution >= 4 is 17.3 Å². The van der Waals surface area contributed by atoms with Gasteiger partial charge in [0.05, 0.1) is 7.11 Å². The number of hydrogen-bond donors (Lipinski definition) is 2. The number of ether oxygens (including phenoxy) is 1.